The third-order valence-corrected chi connectivity index (χ3v) is 5.69. The molecule has 10 heteroatoms. The Balaban J connectivity index is 2.30. The van der Waals surface area contributed by atoms with E-state index in [2.05, 4.69) is 4.72 Å². The Kier molecular flexibility index (Phi) is 5.45. The summed E-state index contributed by atoms with van der Waals surface area (Å²) in [6, 6.07) is 5.02. The zero-order valence-corrected chi connectivity index (χ0v) is 15.7. The van der Waals surface area contributed by atoms with Crippen molar-refractivity contribution in [2.24, 2.45) is 0 Å². The zero-order valence-electron chi connectivity index (χ0n) is 14.8. The van der Waals surface area contributed by atoms with Gasteiger partial charge in [-0.2, -0.15) is 14.3 Å². The van der Waals surface area contributed by atoms with Gasteiger partial charge in [-0.05, 0) is 38.1 Å². The van der Waals surface area contributed by atoms with E-state index < -0.39 is 33.2 Å². The average molecular weight is 382 g/mol. The molecule has 0 aromatic heterocycles. The summed E-state index contributed by atoms with van der Waals surface area (Å²) in [4.78, 5) is 36.6. The minimum Gasteiger partial charge on any atom is -0.462 e. The Labute approximate surface area is 151 Å². The van der Waals surface area contributed by atoms with E-state index in [4.69, 9.17) is 4.74 Å². The second kappa shape index (κ2) is 7.24. The van der Waals surface area contributed by atoms with Gasteiger partial charge in [0.1, 0.15) is 5.71 Å². The maximum absolute atomic E-state index is 12.7. The van der Waals surface area contributed by atoms with Gasteiger partial charge in [0, 0.05) is 5.69 Å². The number of ether oxygens (including phenoxy) is 1. The lowest BCUT2D eigenvalue weighted by molar-refractivity contribution is -0.405. The number of sulfonamides is 1. The molecule has 0 fully saturated rings. The number of hydrogen-bond donors (Lipinski definition) is 1. The molecule has 0 saturated carbocycles. The number of urea groups is 1. The predicted octanol–water partition coefficient (Wildman–Crippen LogP) is 0.669. The fourth-order valence-electron chi connectivity index (χ4n) is 2.47. The number of benzene rings is 1. The number of amides is 3. The van der Waals surface area contributed by atoms with Crippen LogP contribution in [0.2, 0.25) is 0 Å². The average Bonchev–Trinajstić information content (AvgIpc) is 2.58. The number of anilines is 1. The lowest BCUT2D eigenvalue weighted by Crippen LogP contribution is -2.57. The fraction of sp³-hybridized carbons (Fsp3) is 0.375. The third-order valence-electron chi connectivity index (χ3n) is 4.00. The molecule has 0 aliphatic carbocycles. The van der Waals surface area contributed by atoms with Crippen LogP contribution in [0, 0.1) is 0 Å². The van der Waals surface area contributed by atoms with Crippen LogP contribution in [0.4, 0.5) is 10.5 Å². The normalized spacial score (nSPS) is 18.2. The minimum absolute atomic E-state index is 0.105. The molecule has 1 aromatic rings. The van der Waals surface area contributed by atoms with Crippen LogP contribution in [-0.2, 0) is 19.6 Å². The van der Waals surface area contributed by atoms with Crippen molar-refractivity contribution in [1.29, 1.82) is 0 Å². The van der Waals surface area contributed by atoms with Gasteiger partial charge in [-0.25, -0.2) is 18.0 Å². The minimum atomic E-state index is -4.16. The highest BCUT2D eigenvalue weighted by Crippen LogP contribution is 2.18. The number of carbonyl (C=O) groups is 3. The first kappa shape index (κ1) is 19.6. The van der Waals surface area contributed by atoms with Crippen LogP contribution in [0.15, 0.2) is 24.3 Å². The van der Waals surface area contributed by atoms with Crippen LogP contribution in [0.5, 0.6) is 0 Å². The van der Waals surface area contributed by atoms with Crippen molar-refractivity contribution in [2.45, 2.75) is 19.1 Å². The van der Waals surface area contributed by atoms with E-state index in [1.54, 1.807) is 6.92 Å². The summed E-state index contributed by atoms with van der Waals surface area (Å²) >= 11 is 0. The number of nitrogens with zero attached hydrogens (tertiary/aromatic N) is 2. The Morgan fingerprint density at radius 2 is 1.85 bits per heavy atom. The molecule has 1 aliphatic heterocycles. The van der Waals surface area contributed by atoms with Gasteiger partial charge in [0.2, 0.25) is 5.25 Å². The third kappa shape index (κ3) is 3.59. The first-order valence-electron chi connectivity index (χ1n) is 7.77. The first-order chi connectivity index (χ1) is 12.1. The number of imide groups is 1. The second-order valence-corrected chi connectivity index (χ2v) is 7.47. The van der Waals surface area contributed by atoms with Gasteiger partial charge in [-0.3, -0.25) is 4.72 Å². The molecule has 0 bridgehead atoms. The topological polar surface area (TPSA) is 113 Å². The summed E-state index contributed by atoms with van der Waals surface area (Å²) in [6.07, 6.45) is 0. The largest absolute Gasteiger partial charge is 0.500 e. The van der Waals surface area contributed by atoms with Crippen molar-refractivity contribution in [1.82, 2.24) is 4.90 Å². The Hall–Kier alpha value is -2.75. The number of nitrogens with one attached hydrogen (secondary N) is 1. The first-order valence-corrected chi connectivity index (χ1v) is 9.32. The van der Waals surface area contributed by atoms with Crippen LogP contribution in [0.1, 0.15) is 24.2 Å². The molecule has 1 unspecified atom stereocenters. The van der Waals surface area contributed by atoms with E-state index >= 15 is 0 Å². The molecule has 0 saturated heterocycles. The maximum atomic E-state index is 12.7. The molecular weight excluding hydrogens is 362 g/mol. The molecule has 1 aromatic carbocycles. The highest BCUT2D eigenvalue weighted by molar-refractivity contribution is 7.94. The summed E-state index contributed by atoms with van der Waals surface area (Å²) in [5.74, 6) is -1.35. The number of esters is 1. The van der Waals surface area contributed by atoms with Gasteiger partial charge in [0.25, 0.3) is 10.0 Å². The van der Waals surface area contributed by atoms with E-state index in [1.807, 2.05) is 0 Å². The molecule has 0 radical (unpaired) electrons. The van der Waals surface area contributed by atoms with E-state index in [0.29, 0.717) is 0 Å². The lowest BCUT2D eigenvalue weighted by Gasteiger charge is -2.23. The predicted molar refractivity (Wildman–Crippen MR) is 93.8 cm³/mol. The van der Waals surface area contributed by atoms with Crippen molar-refractivity contribution < 1.29 is 32.1 Å². The summed E-state index contributed by atoms with van der Waals surface area (Å²) in [5.41, 5.74) is 0.561. The summed E-state index contributed by atoms with van der Waals surface area (Å²) < 4.78 is 33.7. The summed E-state index contributed by atoms with van der Waals surface area (Å²) in [6.45, 7) is 3.32. The van der Waals surface area contributed by atoms with Gasteiger partial charge >= 0.3 is 17.9 Å². The molecule has 1 heterocycles. The Bertz CT molecular complexity index is 889. The molecule has 3 amide bonds. The Morgan fingerprint density at radius 3 is 2.38 bits per heavy atom. The summed E-state index contributed by atoms with van der Waals surface area (Å²) in [5, 5.41) is -1.53. The van der Waals surface area contributed by atoms with Crippen molar-refractivity contribution >= 4 is 39.3 Å². The molecule has 1 aliphatic rings. The number of carbonyl (C=O) groups excluding carboxylic acids is 3. The highest BCUT2D eigenvalue weighted by Gasteiger charge is 2.50. The summed E-state index contributed by atoms with van der Waals surface area (Å²) in [7, 11) is -1.53. The molecule has 1 N–H and O–H groups in total. The van der Waals surface area contributed by atoms with Gasteiger partial charge in [-0.1, -0.05) is 0 Å². The van der Waals surface area contributed by atoms with Gasteiger partial charge in [-0.15, -0.1) is 0 Å². The zero-order chi connectivity index (χ0) is 19.6. The SMILES string of the molecule is CCOC(=O)c1ccc(NS(=O)(=O)C2C(=O)N(C)C(=O)[N+](C)=C2C)cc1. The molecule has 2 rings (SSSR count). The van der Waals surface area contributed by atoms with E-state index in [-0.39, 0.29) is 23.6 Å². The molecule has 140 valence electrons. The molecule has 1 atom stereocenters. The standard InChI is InChI=1S/C16H19N3O6S/c1-5-25-15(21)11-6-8-12(9-7-11)17-26(23,24)13-10(2)18(3)16(22)19(4)14(13)20/h6-9,13H,5H2,1-4H3/p+1. The van der Waals surface area contributed by atoms with Crippen LogP contribution in [0.3, 0.4) is 0 Å². The van der Waals surface area contributed by atoms with Crippen molar-refractivity contribution in [3.8, 4) is 0 Å². The van der Waals surface area contributed by atoms with Crippen LogP contribution >= 0.6 is 0 Å². The molecular formula is C16H20N3O6S+. The Morgan fingerprint density at radius 1 is 1.27 bits per heavy atom. The monoisotopic (exact) mass is 382 g/mol. The van der Waals surface area contributed by atoms with Gasteiger partial charge in [0.15, 0.2) is 0 Å². The van der Waals surface area contributed by atoms with Crippen molar-refractivity contribution in [3.05, 3.63) is 29.8 Å². The molecule has 26 heavy (non-hydrogen) atoms. The van der Waals surface area contributed by atoms with Crippen LogP contribution < -0.4 is 4.72 Å². The van der Waals surface area contributed by atoms with Crippen LogP contribution in [0.25, 0.3) is 0 Å². The van der Waals surface area contributed by atoms with Gasteiger partial charge < -0.3 is 4.74 Å². The van der Waals surface area contributed by atoms with E-state index in [9.17, 15) is 22.8 Å². The van der Waals surface area contributed by atoms with Crippen molar-refractivity contribution in [3.63, 3.8) is 0 Å². The molecule has 9 nitrogen and oxygen atoms in total. The fourth-order valence-corrected chi connectivity index (χ4v) is 4.08. The molecule has 0 spiro atoms. The smallest absolute Gasteiger partial charge is 0.462 e. The lowest BCUT2D eigenvalue weighted by atomic mass is 10.2. The van der Waals surface area contributed by atoms with Crippen LogP contribution in [-0.4, -0.2) is 67.5 Å². The van der Waals surface area contributed by atoms with Crippen molar-refractivity contribution in [2.75, 3.05) is 25.4 Å². The van der Waals surface area contributed by atoms with E-state index in [0.717, 1.165) is 9.48 Å². The number of rotatable bonds is 5. The highest BCUT2D eigenvalue weighted by atomic mass is 32.2. The quantitative estimate of drug-likeness (QED) is 0.592. The maximum Gasteiger partial charge on any atom is 0.500 e. The second-order valence-electron chi connectivity index (χ2n) is 5.71. The number of hydrogen-bond acceptors (Lipinski definition) is 6. The van der Waals surface area contributed by atoms with Gasteiger partial charge in [0.05, 0.1) is 26.3 Å². The van der Waals surface area contributed by atoms with E-state index in [1.165, 1.54) is 45.3 Å².